The van der Waals surface area contributed by atoms with Crippen LogP contribution in [0.5, 0.6) is 0 Å². The SMILES string of the molecule is CS(=O)(=O)N(CC(=O)NCCCSCc1ccccc1)c1ccc(Cl)c(C(F)(F)F)c1. The Bertz CT molecular complexity index is 987. The zero-order chi connectivity index (χ0) is 23.1. The Hall–Kier alpha value is -1.91. The van der Waals surface area contributed by atoms with E-state index in [4.69, 9.17) is 11.6 Å². The van der Waals surface area contributed by atoms with E-state index in [-0.39, 0.29) is 5.69 Å². The molecule has 0 aliphatic rings. The normalized spacial score (nSPS) is 11.9. The summed E-state index contributed by atoms with van der Waals surface area (Å²) in [7, 11) is -4.00. The van der Waals surface area contributed by atoms with E-state index in [1.54, 1.807) is 11.8 Å². The van der Waals surface area contributed by atoms with E-state index >= 15 is 0 Å². The fraction of sp³-hybridized carbons (Fsp3) is 0.350. The first-order valence-electron chi connectivity index (χ1n) is 9.21. The molecule has 0 bridgehead atoms. The lowest BCUT2D eigenvalue weighted by Crippen LogP contribution is -2.40. The summed E-state index contributed by atoms with van der Waals surface area (Å²) in [5.41, 5.74) is -0.259. The van der Waals surface area contributed by atoms with Gasteiger partial charge in [0.05, 0.1) is 22.5 Å². The van der Waals surface area contributed by atoms with Crippen LogP contribution in [-0.2, 0) is 26.7 Å². The second-order valence-electron chi connectivity index (χ2n) is 6.67. The molecule has 1 amide bonds. The van der Waals surface area contributed by atoms with Crippen LogP contribution < -0.4 is 9.62 Å². The number of benzene rings is 2. The Morgan fingerprint density at radius 3 is 2.45 bits per heavy atom. The maximum Gasteiger partial charge on any atom is 0.417 e. The molecule has 170 valence electrons. The maximum absolute atomic E-state index is 13.1. The minimum Gasteiger partial charge on any atom is -0.354 e. The number of hydrogen-bond acceptors (Lipinski definition) is 4. The van der Waals surface area contributed by atoms with Gasteiger partial charge in [-0.25, -0.2) is 8.42 Å². The van der Waals surface area contributed by atoms with E-state index in [1.165, 1.54) is 5.56 Å². The number of sulfonamides is 1. The molecule has 11 heteroatoms. The fourth-order valence-corrected chi connectivity index (χ4v) is 4.63. The van der Waals surface area contributed by atoms with E-state index in [1.807, 2.05) is 30.3 Å². The number of alkyl halides is 3. The Balaban J connectivity index is 1.91. The second-order valence-corrected chi connectivity index (χ2v) is 10.1. The summed E-state index contributed by atoms with van der Waals surface area (Å²) in [6.45, 7) is -0.304. The molecule has 2 aromatic rings. The summed E-state index contributed by atoms with van der Waals surface area (Å²) in [5.74, 6) is 1.02. The van der Waals surface area contributed by atoms with Crippen LogP contribution in [0, 0.1) is 0 Å². The quantitative estimate of drug-likeness (QED) is 0.491. The summed E-state index contributed by atoms with van der Waals surface area (Å²) in [6.07, 6.45) is -3.26. The molecule has 0 fully saturated rings. The molecule has 5 nitrogen and oxygen atoms in total. The lowest BCUT2D eigenvalue weighted by molar-refractivity contribution is -0.137. The minimum atomic E-state index is -4.75. The lowest BCUT2D eigenvalue weighted by atomic mass is 10.2. The van der Waals surface area contributed by atoms with Crippen LogP contribution in [0.1, 0.15) is 17.5 Å². The van der Waals surface area contributed by atoms with Crippen molar-refractivity contribution in [2.75, 3.05) is 29.4 Å². The highest BCUT2D eigenvalue weighted by Crippen LogP contribution is 2.37. The fourth-order valence-electron chi connectivity index (χ4n) is 2.64. The highest BCUT2D eigenvalue weighted by molar-refractivity contribution is 7.98. The molecule has 0 spiro atoms. The molecule has 0 heterocycles. The van der Waals surface area contributed by atoms with Crippen LogP contribution in [0.3, 0.4) is 0 Å². The van der Waals surface area contributed by atoms with E-state index in [2.05, 4.69) is 5.32 Å². The predicted octanol–water partition coefficient (Wildman–Crippen LogP) is 4.56. The van der Waals surface area contributed by atoms with E-state index in [0.29, 0.717) is 23.3 Å². The van der Waals surface area contributed by atoms with E-state index in [0.717, 1.165) is 29.9 Å². The van der Waals surface area contributed by atoms with Gasteiger partial charge in [0.1, 0.15) is 6.54 Å². The average molecular weight is 495 g/mol. The van der Waals surface area contributed by atoms with Crippen LogP contribution in [0.25, 0.3) is 0 Å². The first-order chi connectivity index (χ1) is 14.5. The van der Waals surface area contributed by atoms with Gasteiger partial charge in [-0.1, -0.05) is 41.9 Å². The predicted molar refractivity (Wildman–Crippen MR) is 119 cm³/mol. The molecule has 31 heavy (non-hydrogen) atoms. The van der Waals surface area contributed by atoms with Crippen LogP contribution in [0.15, 0.2) is 48.5 Å². The molecule has 1 N–H and O–H groups in total. The average Bonchev–Trinajstić information content (AvgIpc) is 2.68. The van der Waals surface area contributed by atoms with Crippen molar-refractivity contribution in [3.05, 3.63) is 64.7 Å². The van der Waals surface area contributed by atoms with Crippen LogP contribution >= 0.6 is 23.4 Å². The first kappa shape index (κ1) is 25.4. The number of anilines is 1. The van der Waals surface area contributed by atoms with Gasteiger partial charge in [0.25, 0.3) is 0 Å². The zero-order valence-corrected chi connectivity index (χ0v) is 19.0. The zero-order valence-electron chi connectivity index (χ0n) is 16.7. The molecule has 0 atom stereocenters. The lowest BCUT2D eigenvalue weighted by Gasteiger charge is -2.23. The second kappa shape index (κ2) is 11.1. The van der Waals surface area contributed by atoms with Crippen LogP contribution in [0.4, 0.5) is 18.9 Å². The number of halogens is 4. The van der Waals surface area contributed by atoms with Crippen LogP contribution in [0.2, 0.25) is 5.02 Å². The highest BCUT2D eigenvalue weighted by Gasteiger charge is 2.34. The highest BCUT2D eigenvalue weighted by atomic mass is 35.5. The van der Waals surface area contributed by atoms with Crippen molar-refractivity contribution in [2.45, 2.75) is 18.3 Å². The largest absolute Gasteiger partial charge is 0.417 e. The summed E-state index contributed by atoms with van der Waals surface area (Å²) in [4.78, 5) is 12.2. The molecule has 0 saturated carbocycles. The Morgan fingerprint density at radius 2 is 1.84 bits per heavy atom. The van der Waals surface area contributed by atoms with Gasteiger partial charge in [0.15, 0.2) is 0 Å². The van der Waals surface area contributed by atoms with Crippen molar-refractivity contribution in [3.63, 3.8) is 0 Å². The molecule has 0 aliphatic carbocycles. The summed E-state index contributed by atoms with van der Waals surface area (Å²) < 4.78 is 64.1. The number of rotatable bonds is 10. The van der Waals surface area contributed by atoms with Gasteiger partial charge < -0.3 is 5.32 Å². The third-order valence-corrected chi connectivity index (χ3v) is 6.72. The van der Waals surface area contributed by atoms with Crippen molar-refractivity contribution in [3.8, 4) is 0 Å². The number of amides is 1. The van der Waals surface area contributed by atoms with Crippen molar-refractivity contribution < 1.29 is 26.4 Å². The molecular weight excluding hydrogens is 473 g/mol. The molecule has 0 aliphatic heterocycles. The molecule has 0 saturated heterocycles. The Kier molecular flexibility index (Phi) is 9.08. The molecule has 0 radical (unpaired) electrons. The Morgan fingerprint density at radius 1 is 1.16 bits per heavy atom. The third kappa shape index (κ3) is 8.27. The number of hydrogen-bond donors (Lipinski definition) is 1. The molecule has 0 unspecified atom stereocenters. The van der Waals surface area contributed by atoms with Crippen LogP contribution in [-0.4, -0.2) is 39.4 Å². The molecule has 2 rings (SSSR count). The monoisotopic (exact) mass is 494 g/mol. The van der Waals surface area contributed by atoms with Crippen molar-refractivity contribution >= 4 is 45.0 Å². The van der Waals surface area contributed by atoms with Gasteiger partial charge in [-0.15, -0.1) is 0 Å². The molecular formula is C20H22ClF3N2O3S2. The van der Waals surface area contributed by atoms with Crippen molar-refractivity contribution in [2.24, 2.45) is 0 Å². The van der Waals surface area contributed by atoms with Gasteiger partial charge in [-0.2, -0.15) is 24.9 Å². The van der Waals surface area contributed by atoms with Crippen molar-refractivity contribution in [1.29, 1.82) is 0 Å². The van der Waals surface area contributed by atoms with Gasteiger partial charge in [0.2, 0.25) is 15.9 Å². The van der Waals surface area contributed by atoms with E-state index in [9.17, 15) is 26.4 Å². The summed E-state index contributed by atoms with van der Waals surface area (Å²) >= 11 is 7.29. The van der Waals surface area contributed by atoms with Gasteiger partial charge in [-0.3, -0.25) is 9.10 Å². The number of nitrogens with zero attached hydrogens (tertiary/aromatic N) is 1. The third-order valence-electron chi connectivity index (χ3n) is 4.13. The topological polar surface area (TPSA) is 66.5 Å². The number of carbonyl (C=O) groups excluding carboxylic acids is 1. The Labute approximate surface area is 189 Å². The minimum absolute atomic E-state index is 0.284. The van der Waals surface area contributed by atoms with Gasteiger partial charge in [-0.05, 0) is 35.9 Å². The number of nitrogens with one attached hydrogen (secondary N) is 1. The molecule has 2 aromatic carbocycles. The standard InChI is InChI=1S/C20H22ClF3N2O3S2/c1-31(28,29)26(16-8-9-18(21)17(12-16)20(22,23)24)13-19(27)25-10-5-11-30-14-15-6-3-2-4-7-15/h2-4,6-9,12H,5,10-11,13-14H2,1H3,(H,25,27). The number of thioether (sulfide) groups is 1. The number of carbonyl (C=O) groups is 1. The smallest absolute Gasteiger partial charge is 0.354 e. The van der Waals surface area contributed by atoms with Gasteiger partial charge >= 0.3 is 6.18 Å². The van der Waals surface area contributed by atoms with E-state index < -0.39 is 39.2 Å². The van der Waals surface area contributed by atoms with Crippen molar-refractivity contribution in [1.82, 2.24) is 5.32 Å². The summed E-state index contributed by atoms with van der Waals surface area (Å²) in [5, 5.41) is 2.05. The summed E-state index contributed by atoms with van der Waals surface area (Å²) in [6, 6.07) is 12.6. The van der Waals surface area contributed by atoms with Gasteiger partial charge in [0, 0.05) is 12.3 Å². The maximum atomic E-state index is 13.1. The first-order valence-corrected chi connectivity index (χ1v) is 12.6. The molecule has 0 aromatic heterocycles.